The first kappa shape index (κ1) is 29.3. The number of piperidine rings is 1. The van der Waals surface area contributed by atoms with Gasteiger partial charge in [-0.05, 0) is 69.6 Å². The highest BCUT2D eigenvalue weighted by Gasteiger charge is 2.34. The van der Waals surface area contributed by atoms with Crippen LogP contribution in [0.1, 0.15) is 53.5 Å². The standard InChI is InChI=1S/C27H38Cl2N8O2/c1-3-20-17-36(25-23(29)33-22(24(30)34-25)27(39)31-2)15-16-37(20)21-9-13-35(14-10-21)12-4-11-32-26(38)18-5-7-19(28)8-6-18/h5-8,20-21H,3-4,9-17H2,1-2H3,(H2,30,34)(H,31,39)(H,32,38)/t20-/m0/s1. The number of hydrogen-bond acceptors (Lipinski definition) is 8. The number of nitrogens with two attached hydrogens (primary N) is 1. The molecular weight excluding hydrogens is 539 g/mol. The molecule has 2 amide bonds. The van der Waals surface area contributed by atoms with E-state index in [0.29, 0.717) is 35.0 Å². The lowest BCUT2D eigenvalue weighted by Crippen LogP contribution is -2.58. The van der Waals surface area contributed by atoms with Gasteiger partial charge >= 0.3 is 0 Å². The van der Waals surface area contributed by atoms with E-state index >= 15 is 0 Å². The summed E-state index contributed by atoms with van der Waals surface area (Å²) >= 11 is 12.3. The molecule has 0 radical (unpaired) electrons. The van der Waals surface area contributed by atoms with E-state index in [-0.39, 0.29) is 22.6 Å². The SMILES string of the molecule is CC[C@H]1CN(c2nc(N)c(C(=O)NC)nc2Cl)CCN1C1CCN(CCCNC(=O)c2ccc(Cl)cc2)CC1. The monoisotopic (exact) mass is 576 g/mol. The Balaban J connectivity index is 1.23. The molecule has 0 spiro atoms. The van der Waals surface area contributed by atoms with Gasteiger partial charge in [-0.15, -0.1) is 0 Å². The van der Waals surface area contributed by atoms with Crippen LogP contribution in [-0.2, 0) is 0 Å². The molecule has 1 atom stereocenters. The number of nitrogens with zero attached hydrogens (tertiary/aromatic N) is 5. The molecule has 2 aromatic rings. The number of nitrogens with one attached hydrogen (secondary N) is 2. The number of piperazine rings is 1. The van der Waals surface area contributed by atoms with Crippen molar-refractivity contribution in [2.45, 2.75) is 44.7 Å². The van der Waals surface area contributed by atoms with Crippen molar-refractivity contribution in [3.63, 3.8) is 0 Å². The van der Waals surface area contributed by atoms with Gasteiger partial charge in [0, 0.05) is 55.9 Å². The number of carbonyl (C=O) groups excluding carboxylic acids is 2. The lowest BCUT2D eigenvalue weighted by Gasteiger charge is -2.47. The van der Waals surface area contributed by atoms with Crippen LogP contribution in [-0.4, -0.2) is 96.5 Å². The fourth-order valence-electron chi connectivity index (χ4n) is 5.49. The van der Waals surface area contributed by atoms with E-state index in [9.17, 15) is 9.59 Å². The van der Waals surface area contributed by atoms with Crippen LogP contribution in [0.15, 0.2) is 24.3 Å². The largest absolute Gasteiger partial charge is 0.382 e. The highest BCUT2D eigenvalue weighted by atomic mass is 35.5. The maximum atomic E-state index is 12.3. The van der Waals surface area contributed by atoms with Crippen LogP contribution < -0.4 is 21.3 Å². The zero-order chi connectivity index (χ0) is 27.9. The minimum Gasteiger partial charge on any atom is -0.382 e. The van der Waals surface area contributed by atoms with Crippen molar-refractivity contribution in [2.75, 3.05) is 63.5 Å². The first-order valence-electron chi connectivity index (χ1n) is 13.6. The van der Waals surface area contributed by atoms with Crippen LogP contribution in [0.5, 0.6) is 0 Å². The predicted octanol–water partition coefficient (Wildman–Crippen LogP) is 2.91. The second-order valence-corrected chi connectivity index (χ2v) is 10.9. The Hall–Kier alpha value is -2.66. The Bertz CT molecular complexity index is 1140. The highest BCUT2D eigenvalue weighted by molar-refractivity contribution is 6.32. The summed E-state index contributed by atoms with van der Waals surface area (Å²) in [4.78, 5) is 40.2. The van der Waals surface area contributed by atoms with E-state index in [2.05, 4.69) is 42.2 Å². The minimum atomic E-state index is -0.404. The fourth-order valence-corrected chi connectivity index (χ4v) is 5.87. The molecule has 1 aromatic carbocycles. The maximum absolute atomic E-state index is 12.3. The molecule has 0 aliphatic carbocycles. The number of hydrogen-bond donors (Lipinski definition) is 3. The van der Waals surface area contributed by atoms with Crippen LogP contribution in [0.25, 0.3) is 0 Å². The Morgan fingerprint density at radius 3 is 2.44 bits per heavy atom. The van der Waals surface area contributed by atoms with Crippen LogP contribution in [0, 0.1) is 0 Å². The van der Waals surface area contributed by atoms with Gasteiger partial charge < -0.3 is 26.2 Å². The number of halogens is 2. The maximum Gasteiger partial charge on any atom is 0.273 e. The number of carbonyl (C=O) groups is 2. The average Bonchev–Trinajstić information content (AvgIpc) is 2.96. The molecule has 0 unspecified atom stereocenters. The Morgan fingerprint density at radius 2 is 1.77 bits per heavy atom. The van der Waals surface area contributed by atoms with Crippen molar-refractivity contribution in [3.8, 4) is 0 Å². The summed E-state index contributed by atoms with van der Waals surface area (Å²) in [6.45, 7) is 8.43. The predicted molar refractivity (Wildman–Crippen MR) is 156 cm³/mol. The van der Waals surface area contributed by atoms with E-state index in [1.54, 1.807) is 24.3 Å². The van der Waals surface area contributed by atoms with Gasteiger partial charge in [0.2, 0.25) is 0 Å². The van der Waals surface area contributed by atoms with Gasteiger partial charge in [0.25, 0.3) is 11.8 Å². The topological polar surface area (TPSA) is 120 Å². The molecule has 3 heterocycles. The average molecular weight is 578 g/mol. The number of anilines is 2. The molecule has 212 valence electrons. The zero-order valence-corrected chi connectivity index (χ0v) is 24.1. The molecule has 0 bridgehead atoms. The summed E-state index contributed by atoms with van der Waals surface area (Å²) in [5.41, 5.74) is 6.71. The Labute approximate surface area is 240 Å². The number of benzene rings is 1. The van der Waals surface area contributed by atoms with Gasteiger partial charge in [0.1, 0.15) is 0 Å². The first-order valence-corrected chi connectivity index (χ1v) is 14.4. The second kappa shape index (κ2) is 13.6. The fraction of sp³-hybridized carbons (Fsp3) is 0.556. The summed E-state index contributed by atoms with van der Waals surface area (Å²) in [5, 5.41) is 6.33. The van der Waals surface area contributed by atoms with Gasteiger partial charge in [-0.1, -0.05) is 30.1 Å². The van der Waals surface area contributed by atoms with Gasteiger partial charge in [-0.25, -0.2) is 9.97 Å². The molecule has 2 fully saturated rings. The van der Waals surface area contributed by atoms with Gasteiger partial charge in [0.15, 0.2) is 22.5 Å². The first-order chi connectivity index (χ1) is 18.8. The summed E-state index contributed by atoms with van der Waals surface area (Å²) in [7, 11) is 1.52. The number of likely N-dealkylation sites (tertiary alicyclic amines) is 1. The number of amides is 2. The number of nitrogen functional groups attached to an aromatic ring is 1. The second-order valence-electron chi connectivity index (χ2n) is 10.1. The van der Waals surface area contributed by atoms with Crippen molar-refractivity contribution in [1.29, 1.82) is 0 Å². The van der Waals surface area contributed by atoms with Crippen molar-refractivity contribution in [3.05, 3.63) is 45.7 Å². The van der Waals surface area contributed by atoms with Gasteiger partial charge in [-0.3, -0.25) is 14.5 Å². The lowest BCUT2D eigenvalue weighted by molar-refractivity contribution is 0.0628. The van der Waals surface area contributed by atoms with E-state index < -0.39 is 5.91 Å². The number of aromatic nitrogens is 2. The van der Waals surface area contributed by atoms with Gasteiger partial charge in [-0.2, -0.15) is 0 Å². The van der Waals surface area contributed by atoms with Crippen molar-refractivity contribution in [1.82, 2.24) is 30.4 Å². The van der Waals surface area contributed by atoms with Crippen LogP contribution in [0.2, 0.25) is 10.2 Å². The van der Waals surface area contributed by atoms with Gasteiger partial charge in [0.05, 0.1) is 0 Å². The molecule has 2 aliphatic heterocycles. The molecule has 4 N–H and O–H groups in total. The molecule has 4 rings (SSSR count). The number of rotatable bonds is 9. The molecule has 2 saturated heterocycles. The van der Waals surface area contributed by atoms with E-state index in [0.717, 1.165) is 65.0 Å². The van der Waals surface area contributed by atoms with E-state index in [4.69, 9.17) is 28.9 Å². The molecule has 0 saturated carbocycles. The Morgan fingerprint density at radius 1 is 1.05 bits per heavy atom. The third kappa shape index (κ3) is 7.30. The lowest BCUT2D eigenvalue weighted by atomic mass is 9.98. The van der Waals surface area contributed by atoms with E-state index in [1.807, 2.05) is 0 Å². The molecule has 2 aliphatic rings. The molecule has 1 aromatic heterocycles. The zero-order valence-electron chi connectivity index (χ0n) is 22.6. The Kier molecular flexibility index (Phi) is 10.2. The van der Waals surface area contributed by atoms with Crippen molar-refractivity contribution >= 4 is 46.7 Å². The third-order valence-electron chi connectivity index (χ3n) is 7.67. The van der Waals surface area contributed by atoms with Crippen LogP contribution in [0.3, 0.4) is 0 Å². The molecule has 10 nitrogen and oxygen atoms in total. The smallest absolute Gasteiger partial charge is 0.273 e. The van der Waals surface area contributed by atoms with Crippen molar-refractivity contribution < 1.29 is 9.59 Å². The third-order valence-corrected chi connectivity index (χ3v) is 8.18. The summed E-state index contributed by atoms with van der Waals surface area (Å²) in [6, 6.07) is 7.86. The highest BCUT2D eigenvalue weighted by Crippen LogP contribution is 2.29. The van der Waals surface area contributed by atoms with Crippen LogP contribution >= 0.6 is 23.2 Å². The van der Waals surface area contributed by atoms with Crippen molar-refractivity contribution in [2.24, 2.45) is 0 Å². The van der Waals surface area contributed by atoms with Crippen LogP contribution in [0.4, 0.5) is 11.6 Å². The summed E-state index contributed by atoms with van der Waals surface area (Å²) in [6.07, 6.45) is 4.19. The minimum absolute atomic E-state index is 0.0487. The summed E-state index contributed by atoms with van der Waals surface area (Å²) < 4.78 is 0. The van der Waals surface area contributed by atoms with E-state index in [1.165, 1.54) is 7.05 Å². The molecule has 12 heteroatoms. The quantitative estimate of drug-likeness (QED) is 0.390. The summed E-state index contributed by atoms with van der Waals surface area (Å²) in [5.74, 6) is 0.158. The molecular formula is C27H38Cl2N8O2. The molecule has 39 heavy (non-hydrogen) atoms. The normalized spacial score (nSPS) is 19.2.